The van der Waals surface area contributed by atoms with E-state index in [4.69, 9.17) is 4.74 Å². The summed E-state index contributed by atoms with van der Waals surface area (Å²) in [7, 11) is 1.64. The van der Waals surface area contributed by atoms with Crippen molar-refractivity contribution in [3.63, 3.8) is 0 Å². The molecule has 2 atom stereocenters. The van der Waals surface area contributed by atoms with Crippen LogP contribution >= 0.6 is 0 Å². The Morgan fingerprint density at radius 3 is 2.40 bits per heavy atom. The largest absolute Gasteiger partial charge is 0.497 e. The molecule has 0 bridgehead atoms. The average molecular weight is 345 g/mol. The van der Waals surface area contributed by atoms with Crippen LogP contribution in [-0.4, -0.2) is 53.9 Å². The molecule has 0 aromatic heterocycles. The van der Waals surface area contributed by atoms with Gasteiger partial charge in [0.1, 0.15) is 5.75 Å². The minimum absolute atomic E-state index is 0.0789. The van der Waals surface area contributed by atoms with Gasteiger partial charge < -0.3 is 19.8 Å². The number of carbonyl (C=O) groups is 1. The van der Waals surface area contributed by atoms with Gasteiger partial charge >= 0.3 is 0 Å². The van der Waals surface area contributed by atoms with E-state index < -0.39 is 11.5 Å². The number of nitrogens with zero attached hydrogens (tertiary/aromatic N) is 1. The Balaban J connectivity index is 1.61. The van der Waals surface area contributed by atoms with Gasteiger partial charge in [-0.15, -0.1) is 0 Å². The number of hydrogen-bond acceptors (Lipinski definition) is 4. The monoisotopic (exact) mass is 345 g/mol. The SMILES string of the molecule is COc1ccc(C2(C(=O)N3CC(O)C(CO)C3)CC3(CCC3)C2)cc1. The van der Waals surface area contributed by atoms with Gasteiger partial charge in [0.05, 0.1) is 25.2 Å². The van der Waals surface area contributed by atoms with E-state index in [-0.39, 0.29) is 18.4 Å². The standard InChI is InChI=1S/C20H27NO4/c1-25-16-5-3-15(4-6-16)20(12-19(13-20)7-2-8-19)18(24)21-9-14(11-22)17(23)10-21/h3-6,14,17,22-23H,2,7-13H2,1H3. The van der Waals surface area contributed by atoms with Gasteiger partial charge in [0.25, 0.3) is 0 Å². The highest BCUT2D eigenvalue weighted by Gasteiger charge is 2.62. The first-order chi connectivity index (χ1) is 12.0. The van der Waals surface area contributed by atoms with Crippen LogP contribution in [0, 0.1) is 11.3 Å². The molecule has 1 heterocycles. The van der Waals surface area contributed by atoms with Crippen LogP contribution in [-0.2, 0) is 10.2 Å². The molecule has 5 heteroatoms. The second-order valence-corrected chi connectivity index (χ2v) is 8.24. The first kappa shape index (κ1) is 16.9. The predicted octanol–water partition coefficient (Wildman–Crippen LogP) is 1.71. The maximum Gasteiger partial charge on any atom is 0.233 e. The number of aliphatic hydroxyl groups excluding tert-OH is 2. The van der Waals surface area contributed by atoms with Gasteiger partial charge in [-0.2, -0.15) is 0 Å². The summed E-state index contributed by atoms with van der Waals surface area (Å²) in [5.41, 5.74) is 0.930. The average Bonchev–Trinajstić information content (AvgIpc) is 2.94. The summed E-state index contributed by atoms with van der Waals surface area (Å²) in [6, 6.07) is 7.87. The highest BCUT2D eigenvalue weighted by Crippen LogP contribution is 2.65. The van der Waals surface area contributed by atoms with Crippen molar-refractivity contribution in [3.8, 4) is 5.75 Å². The van der Waals surface area contributed by atoms with E-state index in [0.717, 1.165) is 24.2 Å². The third-order valence-electron chi connectivity index (χ3n) is 6.75. The zero-order chi connectivity index (χ0) is 17.7. The zero-order valence-electron chi connectivity index (χ0n) is 14.8. The number of β-amino-alcohol motifs (C(OH)–C–C–N with tert-alkyl or cyclic N) is 1. The molecular formula is C20H27NO4. The van der Waals surface area contributed by atoms with E-state index in [1.165, 1.54) is 19.3 Å². The Bertz CT molecular complexity index is 644. The summed E-state index contributed by atoms with van der Waals surface area (Å²) in [6.45, 7) is 0.695. The van der Waals surface area contributed by atoms with Gasteiger partial charge in [-0.05, 0) is 48.8 Å². The number of ether oxygens (including phenoxy) is 1. The molecule has 2 aliphatic carbocycles. The second-order valence-electron chi connectivity index (χ2n) is 8.24. The van der Waals surface area contributed by atoms with Gasteiger partial charge in [0, 0.05) is 19.0 Å². The molecule has 136 valence electrons. The first-order valence-electron chi connectivity index (χ1n) is 9.25. The van der Waals surface area contributed by atoms with Crippen LogP contribution in [0.5, 0.6) is 5.75 Å². The number of aliphatic hydroxyl groups is 2. The second kappa shape index (κ2) is 5.99. The van der Waals surface area contributed by atoms with Crippen molar-refractivity contribution < 1.29 is 19.7 Å². The van der Waals surface area contributed by atoms with Crippen molar-refractivity contribution in [2.24, 2.45) is 11.3 Å². The van der Waals surface area contributed by atoms with Crippen LogP contribution in [0.25, 0.3) is 0 Å². The summed E-state index contributed by atoms with van der Waals surface area (Å²) in [4.78, 5) is 15.2. The Morgan fingerprint density at radius 2 is 1.92 bits per heavy atom. The van der Waals surface area contributed by atoms with Crippen molar-refractivity contribution in [3.05, 3.63) is 29.8 Å². The maximum atomic E-state index is 13.4. The predicted molar refractivity (Wildman–Crippen MR) is 93.4 cm³/mol. The first-order valence-corrected chi connectivity index (χ1v) is 9.25. The lowest BCUT2D eigenvalue weighted by Gasteiger charge is -2.61. The van der Waals surface area contributed by atoms with Gasteiger partial charge in [-0.3, -0.25) is 4.79 Å². The highest BCUT2D eigenvalue weighted by molar-refractivity contribution is 5.90. The smallest absolute Gasteiger partial charge is 0.233 e. The molecule has 1 aromatic carbocycles. The molecule has 2 unspecified atom stereocenters. The summed E-state index contributed by atoms with van der Waals surface area (Å²) in [5, 5.41) is 19.5. The van der Waals surface area contributed by atoms with Crippen molar-refractivity contribution >= 4 is 5.91 Å². The molecule has 3 aliphatic rings. The van der Waals surface area contributed by atoms with Crippen LogP contribution in [0.3, 0.4) is 0 Å². The summed E-state index contributed by atoms with van der Waals surface area (Å²) >= 11 is 0. The number of hydrogen-bond donors (Lipinski definition) is 2. The molecule has 3 fully saturated rings. The highest BCUT2D eigenvalue weighted by atomic mass is 16.5. The zero-order valence-corrected chi connectivity index (χ0v) is 14.8. The minimum atomic E-state index is -0.625. The fourth-order valence-electron chi connectivity index (χ4n) is 5.15. The molecule has 0 radical (unpaired) electrons. The third kappa shape index (κ3) is 2.56. The van der Waals surface area contributed by atoms with Crippen molar-refractivity contribution in [1.82, 2.24) is 4.90 Å². The lowest BCUT2D eigenvalue weighted by atomic mass is 9.43. The van der Waals surface area contributed by atoms with E-state index in [1.807, 2.05) is 24.3 Å². The summed E-state index contributed by atoms with van der Waals surface area (Å²) < 4.78 is 5.25. The molecule has 1 saturated heterocycles. The molecule has 1 aliphatic heterocycles. The molecule has 5 nitrogen and oxygen atoms in total. The van der Waals surface area contributed by atoms with E-state index >= 15 is 0 Å². The van der Waals surface area contributed by atoms with Gasteiger partial charge in [0.15, 0.2) is 0 Å². The van der Waals surface area contributed by atoms with E-state index in [0.29, 0.717) is 18.5 Å². The topological polar surface area (TPSA) is 70.0 Å². The van der Waals surface area contributed by atoms with Crippen LogP contribution in [0.15, 0.2) is 24.3 Å². The van der Waals surface area contributed by atoms with E-state index in [1.54, 1.807) is 12.0 Å². The van der Waals surface area contributed by atoms with E-state index in [2.05, 4.69) is 0 Å². The normalized spacial score (nSPS) is 29.2. The lowest BCUT2D eigenvalue weighted by molar-refractivity contribution is -0.152. The fraction of sp³-hybridized carbons (Fsp3) is 0.650. The number of carbonyl (C=O) groups excluding carboxylic acids is 1. The van der Waals surface area contributed by atoms with E-state index in [9.17, 15) is 15.0 Å². The molecule has 2 saturated carbocycles. The quantitative estimate of drug-likeness (QED) is 0.872. The Kier molecular flexibility index (Phi) is 4.04. The van der Waals surface area contributed by atoms with Gasteiger partial charge in [0.2, 0.25) is 5.91 Å². The van der Waals surface area contributed by atoms with Gasteiger partial charge in [-0.1, -0.05) is 18.6 Å². The molecule has 2 N–H and O–H groups in total. The molecule has 1 aromatic rings. The minimum Gasteiger partial charge on any atom is -0.497 e. The third-order valence-corrected chi connectivity index (χ3v) is 6.75. The molecule has 1 spiro atoms. The van der Waals surface area contributed by atoms with Crippen LogP contribution in [0.1, 0.15) is 37.7 Å². The van der Waals surface area contributed by atoms with Crippen molar-refractivity contribution in [1.29, 1.82) is 0 Å². The Morgan fingerprint density at radius 1 is 1.24 bits per heavy atom. The van der Waals surface area contributed by atoms with Crippen LogP contribution < -0.4 is 4.74 Å². The Hall–Kier alpha value is -1.59. The molecular weight excluding hydrogens is 318 g/mol. The van der Waals surface area contributed by atoms with Crippen molar-refractivity contribution in [2.75, 3.05) is 26.8 Å². The van der Waals surface area contributed by atoms with Crippen LogP contribution in [0.4, 0.5) is 0 Å². The van der Waals surface area contributed by atoms with Gasteiger partial charge in [-0.25, -0.2) is 0 Å². The summed E-state index contributed by atoms with van der Waals surface area (Å²) in [5.74, 6) is 0.681. The fourth-order valence-corrected chi connectivity index (χ4v) is 5.15. The van der Waals surface area contributed by atoms with Crippen molar-refractivity contribution in [2.45, 2.75) is 43.6 Å². The van der Waals surface area contributed by atoms with Crippen LogP contribution in [0.2, 0.25) is 0 Å². The summed E-state index contributed by atoms with van der Waals surface area (Å²) in [6.07, 6.45) is 4.89. The molecule has 4 rings (SSSR count). The Labute approximate surface area is 148 Å². The molecule has 25 heavy (non-hydrogen) atoms. The number of rotatable bonds is 4. The lowest BCUT2D eigenvalue weighted by Crippen LogP contribution is -2.60. The maximum absolute atomic E-state index is 13.4. The number of methoxy groups -OCH3 is 1. The molecule has 1 amide bonds. The number of amides is 1. The number of likely N-dealkylation sites (tertiary alicyclic amines) is 1. The number of benzene rings is 1.